The van der Waals surface area contributed by atoms with Crippen LogP contribution in [0.15, 0.2) is 24.3 Å². The molecule has 1 heterocycles. The van der Waals surface area contributed by atoms with E-state index in [1.54, 1.807) is 4.90 Å². The molecule has 0 unspecified atom stereocenters. The van der Waals surface area contributed by atoms with E-state index in [0.29, 0.717) is 13.0 Å². The first-order valence-corrected chi connectivity index (χ1v) is 6.48. The summed E-state index contributed by atoms with van der Waals surface area (Å²) >= 11 is 0. The molecule has 0 saturated heterocycles. The Labute approximate surface area is 113 Å². The Morgan fingerprint density at radius 3 is 2.32 bits per heavy atom. The van der Waals surface area contributed by atoms with E-state index in [9.17, 15) is 9.59 Å². The van der Waals surface area contributed by atoms with Gasteiger partial charge in [0.25, 0.3) is 0 Å². The van der Waals surface area contributed by atoms with Gasteiger partial charge in [-0.1, -0.05) is 45.0 Å². The number of hydrogen-bond acceptors (Lipinski definition) is 2. The molecule has 1 aliphatic heterocycles. The zero-order valence-electron chi connectivity index (χ0n) is 11.6. The summed E-state index contributed by atoms with van der Waals surface area (Å²) in [5.41, 5.74) is 7.15. The standard InChI is InChI=1S/C15H20N2O2/c1-15(2,3)14(19)17-9-11-7-5-4-6-10(11)8-12(17)13(16)18/h4-7,12H,8-9H2,1-3H3,(H2,16,18)/t12-/m0/s1. The number of rotatable bonds is 1. The zero-order chi connectivity index (χ0) is 14.2. The van der Waals surface area contributed by atoms with E-state index < -0.39 is 17.4 Å². The molecule has 0 fully saturated rings. The third-order valence-electron chi connectivity index (χ3n) is 3.48. The quantitative estimate of drug-likeness (QED) is 0.831. The van der Waals surface area contributed by atoms with Crippen LogP contribution in [0.25, 0.3) is 0 Å². The molecule has 1 atom stereocenters. The van der Waals surface area contributed by atoms with E-state index in [2.05, 4.69) is 0 Å². The Bertz CT molecular complexity index is 517. The lowest BCUT2D eigenvalue weighted by Gasteiger charge is -2.38. The van der Waals surface area contributed by atoms with Gasteiger partial charge >= 0.3 is 0 Å². The first-order chi connectivity index (χ1) is 8.80. The van der Waals surface area contributed by atoms with E-state index in [-0.39, 0.29) is 5.91 Å². The normalized spacial score (nSPS) is 18.9. The molecule has 0 saturated carbocycles. The largest absolute Gasteiger partial charge is 0.368 e. The molecule has 0 aromatic heterocycles. The summed E-state index contributed by atoms with van der Waals surface area (Å²) in [5.74, 6) is -0.474. The molecule has 1 aliphatic rings. The molecule has 0 bridgehead atoms. The van der Waals surface area contributed by atoms with Crippen LogP contribution in [0, 0.1) is 5.41 Å². The van der Waals surface area contributed by atoms with Crippen molar-refractivity contribution >= 4 is 11.8 Å². The van der Waals surface area contributed by atoms with Crippen molar-refractivity contribution in [3.8, 4) is 0 Å². The topological polar surface area (TPSA) is 63.4 Å². The molecule has 2 amide bonds. The minimum atomic E-state index is -0.540. The van der Waals surface area contributed by atoms with Crippen molar-refractivity contribution < 1.29 is 9.59 Å². The molecular formula is C15H20N2O2. The van der Waals surface area contributed by atoms with Gasteiger partial charge in [0.15, 0.2) is 0 Å². The van der Waals surface area contributed by atoms with Crippen LogP contribution in [-0.4, -0.2) is 22.8 Å². The molecule has 4 nitrogen and oxygen atoms in total. The third kappa shape index (κ3) is 2.62. The molecule has 0 aliphatic carbocycles. The molecule has 1 aromatic rings. The number of benzene rings is 1. The fraction of sp³-hybridized carbons (Fsp3) is 0.467. The summed E-state index contributed by atoms with van der Waals surface area (Å²) in [4.78, 5) is 25.7. The lowest BCUT2D eigenvalue weighted by Crippen LogP contribution is -2.54. The molecule has 2 N–H and O–H groups in total. The second kappa shape index (κ2) is 4.68. The van der Waals surface area contributed by atoms with Gasteiger partial charge in [-0.2, -0.15) is 0 Å². The summed E-state index contributed by atoms with van der Waals surface area (Å²) in [6.45, 7) is 6.02. The predicted octanol–water partition coefficient (Wildman–Crippen LogP) is 1.47. The highest BCUT2D eigenvalue weighted by Crippen LogP contribution is 2.28. The molecule has 4 heteroatoms. The number of carbonyl (C=O) groups is 2. The van der Waals surface area contributed by atoms with Gasteiger partial charge < -0.3 is 10.6 Å². The van der Waals surface area contributed by atoms with Crippen LogP contribution in [0.3, 0.4) is 0 Å². The maximum Gasteiger partial charge on any atom is 0.240 e. The van der Waals surface area contributed by atoms with Gasteiger partial charge in [0.2, 0.25) is 11.8 Å². The van der Waals surface area contributed by atoms with E-state index in [4.69, 9.17) is 5.73 Å². The van der Waals surface area contributed by atoms with Crippen LogP contribution in [0.2, 0.25) is 0 Å². The molecule has 102 valence electrons. The molecule has 1 aromatic carbocycles. The monoisotopic (exact) mass is 260 g/mol. The molecule has 0 spiro atoms. The van der Waals surface area contributed by atoms with Crippen molar-refractivity contribution in [3.05, 3.63) is 35.4 Å². The van der Waals surface area contributed by atoms with Gasteiger partial charge in [-0.05, 0) is 11.1 Å². The highest BCUT2D eigenvalue weighted by atomic mass is 16.2. The lowest BCUT2D eigenvalue weighted by molar-refractivity contribution is -0.147. The Morgan fingerprint density at radius 2 is 1.79 bits per heavy atom. The number of primary amides is 1. The predicted molar refractivity (Wildman–Crippen MR) is 73.1 cm³/mol. The van der Waals surface area contributed by atoms with Gasteiger partial charge in [0.1, 0.15) is 6.04 Å². The summed E-state index contributed by atoms with van der Waals surface area (Å²) in [6, 6.07) is 7.34. The van der Waals surface area contributed by atoms with E-state index in [0.717, 1.165) is 11.1 Å². The lowest BCUT2D eigenvalue weighted by atomic mass is 9.88. The van der Waals surface area contributed by atoms with Crippen molar-refractivity contribution in [2.75, 3.05) is 0 Å². The van der Waals surface area contributed by atoms with Gasteiger partial charge in [-0.3, -0.25) is 9.59 Å². The number of nitrogens with two attached hydrogens (primary N) is 1. The summed E-state index contributed by atoms with van der Waals surface area (Å²) in [6.07, 6.45) is 0.507. The van der Waals surface area contributed by atoms with Gasteiger partial charge in [-0.25, -0.2) is 0 Å². The fourth-order valence-corrected chi connectivity index (χ4v) is 2.42. The molecule has 0 radical (unpaired) electrons. The van der Waals surface area contributed by atoms with Crippen molar-refractivity contribution in [1.29, 1.82) is 0 Å². The van der Waals surface area contributed by atoms with Crippen molar-refractivity contribution in [1.82, 2.24) is 4.90 Å². The van der Waals surface area contributed by atoms with Crippen LogP contribution in [0.4, 0.5) is 0 Å². The number of hydrogen-bond donors (Lipinski definition) is 1. The van der Waals surface area contributed by atoms with E-state index >= 15 is 0 Å². The smallest absolute Gasteiger partial charge is 0.240 e. The molecule has 2 rings (SSSR count). The zero-order valence-corrected chi connectivity index (χ0v) is 11.6. The minimum absolute atomic E-state index is 0.0363. The Kier molecular flexibility index (Phi) is 3.35. The summed E-state index contributed by atoms with van der Waals surface area (Å²) in [5, 5.41) is 0. The average molecular weight is 260 g/mol. The van der Waals surface area contributed by atoms with Crippen molar-refractivity contribution in [2.45, 2.75) is 39.8 Å². The Balaban J connectivity index is 2.37. The van der Waals surface area contributed by atoms with Crippen LogP contribution < -0.4 is 5.73 Å². The van der Waals surface area contributed by atoms with E-state index in [1.807, 2.05) is 45.0 Å². The van der Waals surface area contributed by atoms with Crippen LogP contribution in [0.5, 0.6) is 0 Å². The fourth-order valence-electron chi connectivity index (χ4n) is 2.42. The Morgan fingerprint density at radius 1 is 1.21 bits per heavy atom. The third-order valence-corrected chi connectivity index (χ3v) is 3.48. The first kappa shape index (κ1) is 13.6. The molecule has 19 heavy (non-hydrogen) atoms. The number of fused-ring (bicyclic) bond motifs is 1. The second-order valence-electron chi connectivity index (χ2n) is 6.07. The summed E-state index contributed by atoms with van der Waals surface area (Å²) < 4.78 is 0. The average Bonchev–Trinajstić information content (AvgIpc) is 2.35. The van der Waals surface area contributed by atoms with Crippen LogP contribution in [0.1, 0.15) is 31.9 Å². The maximum atomic E-state index is 12.5. The molecular weight excluding hydrogens is 240 g/mol. The summed E-state index contributed by atoms with van der Waals surface area (Å²) in [7, 11) is 0. The number of amides is 2. The van der Waals surface area contributed by atoms with Gasteiger partial charge in [0.05, 0.1) is 0 Å². The second-order valence-corrected chi connectivity index (χ2v) is 6.07. The van der Waals surface area contributed by atoms with Crippen LogP contribution in [-0.2, 0) is 22.6 Å². The van der Waals surface area contributed by atoms with Gasteiger partial charge in [-0.15, -0.1) is 0 Å². The first-order valence-electron chi connectivity index (χ1n) is 6.48. The Hall–Kier alpha value is -1.84. The van der Waals surface area contributed by atoms with Crippen molar-refractivity contribution in [3.63, 3.8) is 0 Å². The number of nitrogens with zero attached hydrogens (tertiary/aromatic N) is 1. The highest BCUT2D eigenvalue weighted by molar-refractivity contribution is 5.89. The van der Waals surface area contributed by atoms with E-state index in [1.165, 1.54) is 0 Å². The highest BCUT2D eigenvalue weighted by Gasteiger charge is 2.37. The van der Waals surface area contributed by atoms with Crippen LogP contribution >= 0.6 is 0 Å². The maximum absolute atomic E-state index is 12.5. The number of carbonyl (C=O) groups excluding carboxylic acids is 2. The van der Waals surface area contributed by atoms with Gasteiger partial charge in [0, 0.05) is 18.4 Å². The van der Waals surface area contributed by atoms with Crippen molar-refractivity contribution in [2.24, 2.45) is 11.1 Å². The minimum Gasteiger partial charge on any atom is -0.368 e. The SMILES string of the molecule is CC(C)(C)C(=O)N1Cc2ccccc2C[C@H]1C(N)=O.